The van der Waals surface area contributed by atoms with Crippen molar-refractivity contribution in [3.63, 3.8) is 0 Å². The average Bonchev–Trinajstić information content (AvgIpc) is 3.23. The highest BCUT2D eigenvalue weighted by Gasteiger charge is 2.12. The van der Waals surface area contributed by atoms with Gasteiger partial charge in [0.25, 0.3) is 5.91 Å². The number of aromatic nitrogens is 5. The third-order valence-corrected chi connectivity index (χ3v) is 4.91. The predicted octanol–water partition coefficient (Wildman–Crippen LogP) is 4.41. The Morgan fingerprint density at radius 1 is 0.903 bits per heavy atom. The van der Waals surface area contributed by atoms with Gasteiger partial charge in [0.1, 0.15) is 0 Å². The maximum atomic E-state index is 12.6. The second-order valence-electron chi connectivity index (χ2n) is 7.15. The molecule has 2 aromatic carbocycles. The van der Waals surface area contributed by atoms with Crippen LogP contribution < -0.4 is 5.32 Å². The van der Waals surface area contributed by atoms with Crippen molar-refractivity contribution in [3.8, 4) is 22.6 Å². The minimum atomic E-state index is -0.154. The number of rotatable bonds is 4. The monoisotopic (exact) mass is 406 g/mol. The van der Waals surface area contributed by atoms with Crippen molar-refractivity contribution in [2.24, 2.45) is 0 Å². The van der Waals surface area contributed by atoms with E-state index in [1.807, 2.05) is 79.7 Å². The van der Waals surface area contributed by atoms with Crippen LogP contribution in [0, 0.1) is 6.92 Å². The summed E-state index contributed by atoms with van der Waals surface area (Å²) in [4.78, 5) is 16.7. The number of hydrogen-bond donors (Lipinski definition) is 1. The molecular formula is C24H18N6O. The first kappa shape index (κ1) is 18.6. The van der Waals surface area contributed by atoms with Crippen LogP contribution in [0.4, 0.5) is 5.69 Å². The standard InChI is InChI=1S/C24H18N6O/c1-16-7-9-17(10-8-16)24(31)26-20-6-2-4-18(14-20)21-11-12-22-27-28-23(30(22)29-21)19-5-3-13-25-15-19/h2-15H,1H3,(H,26,31). The lowest BCUT2D eigenvalue weighted by Gasteiger charge is -2.08. The summed E-state index contributed by atoms with van der Waals surface area (Å²) in [5, 5.41) is 16.1. The number of nitrogens with one attached hydrogen (secondary N) is 1. The molecule has 7 nitrogen and oxygen atoms in total. The smallest absolute Gasteiger partial charge is 0.255 e. The fourth-order valence-electron chi connectivity index (χ4n) is 3.28. The molecule has 0 saturated heterocycles. The molecule has 0 aliphatic rings. The van der Waals surface area contributed by atoms with E-state index in [2.05, 4.69) is 20.5 Å². The fraction of sp³-hybridized carbons (Fsp3) is 0.0417. The highest BCUT2D eigenvalue weighted by molar-refractivity contribution is 6.04. The summed E-state index contributed by atoms with van der Waals surface area (Å²) in [6, 6.07) is 22.6. The van der Waals surface area contributed by atoms with E-state index in [0.717, 1.165) is 22.4 Å². The van der Waals surface area contributed by atoms with Gasteiger partial charge in [-0.1, -0.05) is 29.8 Å². The lowest BCUT2D eigenvalue weighted by atomic mass is 10.1. The first-order chi connectivity index (χ1) is 15.2. The summed E-state index contributed by atoms with van der Waals surface area (Å²) >= 11 is 0. The van der Waals surface area contributed by atoms with Crippen LogP contribution in [0.2, 0.25) is 0 Å². The molecule has 31 heavy (non-hydrogen) atoms. The Hall–Kier alpha value is -4.39. The van der Waals surface area contributed by atoms with Gasteiger partial charge in [0, 0.05) is 34.8 Å². The molecule has 0 spiro atoms. The molecule has 0 aliphatic heterocycles. The van der Waals surface area contributed by atoms with E-state index in [1.165, 1.54) is 0 Å². The van der Waals surface area contributed by atoms with Gasteiger partial charge in [-0.3, -0.25) is 9.78 Å². The Balaban J connectivity index is 1.46. The molecule has 3 aromatic heterocycles. The van der Waals surface area contributed by atoms with E-state index in [-0.39, 0.29) is 5.91 Å². The summed E-state index contributed by atoms with van der Waals surface area (Å²) in [5.41, 5.74) is 5.51. The molecule has 0 fully saturated rings. The fourth-order valence-corrected chi connectivity index (χ4v) is 3.28. The molecule has 5 aromatic rings. The Labute approximate surface area is 178 Å². The molecule has 0 saturated carbocycles. The molecule has 0 unspecified atom stereocenters. The van der Waals surface area contributed by atoms with Gasteiger partial charge in [-0.2, -0.15) is 9.61 Å². The molecule has 1 amide bonds. The molecule has 1 N–H and O–H groups in total. The molecule has 3 heterocycles. The third kappa shape index (κ3) is 3.76. The van der Waals surface area contributed by atoms with E-state index in [4.69, 9.17) is 5.10 Å². The molecular weight excluding hydrogens is 388 g/mol. The number of pyridine rings is 1. The summed E-state index contributed by atoms with van der Waals surface area (Å²) in [6.07, 6.45) is 3.44. The van der Waals surface area contributed by atoms with Gasteiger partial charge in [0.2, 0.25) is 0 Å². The van der Waals surface area contributed by atoms with E-state index in [1.54, 1.807) is 16.9 Å². The number of carbonyl (C=O) groups is 1. The zero-order chi connectivity index (χ0) is 21.2. The molecule has 5 rings (SSSR count). The van der Waals surface area contributed by atoms with Crippen LogP contribution >= 0.6 is 0 Å². The second-order valence-corrected chi connectivity index (χ2v) is 7.15. The van der Waals surface area contributed by atoms with Crippen LogP contribution in [0.5, 0.6) is 0 Å². The summed E-state index contributed by atoms with van der Waals surface area (Å²) in [6.45, 7) is 1.99. The van der Waals surface area contributed by atoms with Crippen LogP contribution in [0.25, 0.3) is 28.3 Å². The van der Waals surface area contributed by atoms with Gasteiger partial charge < -0.3 is 5.32 Å². The lowest BCUT2D eigenvalue weighted by Crippen LogP contribution is -2.11. The number of benzene rings is 2. The maximum absolute atomic E-state index is 12.6. The van der Waals surface area contributed by atoms with Crippen molar-refractivity contribution in [1.29, 1.82) is 0 Å². The number of amides is 1. The Kier molecular flexibility index (Phi) is 4.68. The van der Waals surface area contributed by atoms with Crippen molar-refractivity contribution in [3.05, 3.63) is 96.3 Å². The predicted molar refractivity (Wildman–Crippen MR) is 119 cm³/mol. The number of anilines is 1. The largest absolute Gasteiger partial charge is 0.322 e. The highest BCUT2D eigenvalue weighted by atomic mass is 16.1. The van der Waals surface area contributed by atoms with Crippen LogP contribution in [-0.4, -0.2) is 30.7 Å². The summed E-state index contributed by atoms with van der Waals surface area (Å²) < 4.78 is 1.70. The highest BCUT2D eigenvalue weighted by Crippen LogP contribution is 2.23. The van der Waals surface area contributed by atoms with Crippen LogP contribution in [0.1, 0.15) is 15.9 Å². The molecule has 0 radical (unpaired) electrons. The Morgan fingerprint density at radius 2 is 1.74 bits per heavy atom. The molecule has 7 heteroatoms. The lowest BCUT2D eigenvalue weighted by molar-refractivity contribution is 0.102. The Morgan fingerprint density at radius 3 is 2.55 bits per heavy atom. The van der Waals surface area contributed by atoms with Crippen LogP contribution in [0.15, 0.2) is 85.2 Å². The average molecular weight is 406 g/mol. The first-order valence-electron chi connectivity index (χ1n) is 9.79. The molecule has 0 aliphatic carbocycles. The topological polar surface area (TPSA) is 85.1 Å². The quantitative estimate of drug-likeness (QED) is 0.478. The summed E-state index contributed by atoms with van der Waals surface area (Å²) in [5.74, 6) is 0.465. The van der Waals surface area contributed by atoms with E-state index in [9.17, 15) is 4.79 Å². The maximum Gasteiger partial charge on any atom is 0.255 e. The molecule has 150 valence electrons. The van der Waals surface area contributed by atoms with Gasteiger partial charge in [0.15, 0.2) is 11.5 Å². The minimum Gasteiger partial charge on any atom is -0.322 e. The number of nitrogens with zero attached hydrogens (tertiary/aromatic N) is 5. The van der Waals surface area contributed by atoms with Crippen LogP contribution in [-0.2, 0) is 0 Å². The van der Waals surface area contributed by atoms with Crippen LogP contribution in [0.3, 0.4) is 0 Å². The van der Waals surface area contributed by atoms with Gasteiger partial charge in [-0.05, 0) is 55.5 Å². The number of carbonyl (C=O) groups excluding carboxylic acids is 1. The minimum absolute atomic E-state index is 0.154. The van der Waals surface area contributed by atoms with Crippen molar-refractivity contribution in [1.82, 2.24) is 24.8 Å². The normalized spacial score (nSPS) is 10.9. The van der Waals surface area contributed by atoms with Crippen molar-refractivity contribution in [2.75, 3.05) is 5.32 Å². The van der Waals surface area contributed by atoms with Gasteiger partial charge in [-0.15, -0.1) is 10.2 Å². The SMILES string of the molecule is Cc1ccc(C(=O)Nc2cccc(-c3ccc4nnc(-c5cccnc5)n4n3)c2)cc1. The number of hydrogen-bond acceptors (Lipinski definition) is 5. The zero-order valence-corrected chi connectivity index (χ0v) is 16.7. The van der Waals surface area contributed by atoms with Crippen molar-refractivity contribution >= 4 is 17.2 Å². The zero-order valence-electron chi connectivity index (χ0n) is 16.7. The number of fused-ring (bicyclic) bond motifs is 1. The van der Waals surface area contributed by atoms with Crippen molar-refractivity contribution in [2.45, 2.75) is 6.92 Å². The van der Waals surface area contributed by atoms with Gasteiger partial charge >= 0.3 is 0 Å². The van der Waals surface area contributed by atoms with Crippen molar-refractivity contribution < 1.29 is 4.79 Å². The van der Waals surface area contributed by atoms with E-state index >= 15 is 0 Å². The van der Waals surface area contributed by atoms with Gasteiger partial charge in [0.05, 0.1) is 5.69 Å². The van der Waals surface area contributed by atoms with E-state index in [0.29, 0.717) is 22.7 Å². The second kappa shape index (κ2) is 7.79. The Bertz CT molecular complexity index is 1380. The number of aryl methyl sites for hydroxylation is 1. The first-order valence-corrected chi connectivity index (χ1v) is 9.79. The van der Waals surface area contributed by atoms with Gasteiger partial charge in [-0.25, -0.2) is 0 Å². The third-order valence-electron chi connectivity index (χ3n) is 4.91. The van der Waals surface area contributed by atoms with E-state index < -0.39 is 0 Å². The summed E-state index contributed by atoms with van der Waals surface area (Å²) in [7, 11) is 0. The molecule has 0 atom stereocenters. The molecule has 0 bridgehead atoms.